The average Bonchev–Trinajstić information content (AvgIpc) is 2.39. The standard InChI is InChI=1S/C11H17N3O4/c12-10(16)8-6-18-4-3-14(8)11(17)7-1-2-9(15)13-5-7/h7-8H,1-6H2,(H2,12,16)(H,13,15). The van der Waals surface area contributed by atoms with E-state index in [9.17, 15) is 14.4 Å². The van der Waals surface area contributed by atoms with E-state index in [4.69, 9.17) is 10.5 Å². The number of nitrogens with two attached hydrogens (primary N) is 1. The topological polar surface area (TPSA) is 102 Å². The van der Waals surface area contributed by atoms with Gasteiger partial charge >= 0.3 is 0 Å². The fraction of sp³-hybridized carbons (Fsp3) is 0.727. The first-order valence-corrected chi connectivity index (χ1v) is 6.04. The summed E-state index contributed by atoms with van der Waals surface area (Å²) in [7, 11) is 0. The number of nitrogens with zero attached hydrogens (tertiary/aromatic N) is 1. The summed E-state index contributed by atoms with van der Waals surface area (Å²) < 4.78 is 5.16. The molecule has 2 fully saturated rings. The molecule has 3 amide bonds. The lowest BCUT2D eigenvalue weighted by atomic mass is 9.96. The molecule has 2 atom stereocenters. The van der Waals surface area contributed by atoms with E-state index in [0.717, 1.165) is 0 Å². The fourth-order valence-corrected chi connectivity index (χ4v) is 2.28. The van der Waals surface area contributed by atoms with Crippen LogP contribution < -0.4 is 11.1 Å². The Hall–Kier alpha value is -1.63. The number of piperidine rings is 1. The molecule has 100 valence electrons. The minimum Gasteiger partial charge on any atom is -0.377 e. The molecule has 0 bridgehead atoms. The molecule has 0 radical (unpaired) electrons. The van der Waals surface area contributed by atoms with E-state index in [2.05, 4.69) is 5.32 Å². The first-order chi connectivity index (χ1) is 8.59. The Labute approximate surface area is 105 Å². The first-order valence-electron chi connectivity index (χ1n) is 6.04. The predicted molar refractivity (Wildman–Crippen MR) is 61.2 cm³/mol. The third kappa shape index (κ3) is 2.61. The van der Waals surface area contributed by atoms with E-state index in [1.165, 1.54) is 4.90 Å². The Morgan fingerprint density at radius 1 is 1.44 bits per heavy atom. The zero-order valence-corrected chi connectivity index (χ0v) is 10.1. The summed E-state index contributed by atoms with van der Waals surface area (Å²) in [6, 6.07) is -0.691. The average molecular weight is 255 g/mol. The van der Waals surface area contributed by atoms with Gasteiger partial charge in [-0.25, -0.2) is 0 Å². The molecule has 2 rings (SSSR count). The second kappa shape index (κ2) is 5.34. The number of carbonyl (C=O) groups is 3. The highest BCUT2D eigenvalue weighted by molar-refractivity contribution is 5.89. The minimum absolute atomic E-state index is 0.0347. The molecular weight excluding hydrogens is 238 g/mol. The summed E-state index contributed by atoms with van der Waals surface area (Å²) in [6.45, 7) is 1.27. The van der Waals surface area contributed by atoms with Gasteiger partial charge in [-0.2, -0.15) is 0 Å². The quantitative estimate of drug-likeness (QED) is 0.609. The molecule has 7 heteroatoms. The second-order valence-corrected chi connectivity index (χ2v) is 4.56. The van der Waals surface area contributed by atoms with E-state index < -0.39 is 11.9 Å². The van der Waals surface area contributed by atoms with Gasteiger partial charge in [0.25, 0.3) is 0 Å². The Balaban J connectivity index is 2.02. The zero-order chi connectivity index (χ0) is 13.1. The van der Waals surface area contributed by atoms with Crippen LogP contribution in [0.25, 0.3) is 0 Å². The van der Waals surface area contributed by atoms with Crippen molar-refractivity contribution < 1.29 is 19.1 Å². The minimum atomic E-state index is -0.691. The monoisotopic (exact) mass is 255 g/mol. The Morgan fingerprint density at radius 3 is 2.83 bits per heavy atom. The van der Waals surface area contributed by atoms with Crippen molar-refractivity contribution in [1.82, 2.24) is 10.2 Å². The van der Waals surface area contributed by atoms with Gasteiger partial charge in [0.15, 0.2) is 0 Å². The second-order valence-electron chi connectivity index (χ2n) is 4.56. The molecule has 0 aromatic carbocycles. The van der Waals surface area contributed by atoms with Crippen LogP contribution in [0, 0.1) is 5.92 Å². The van der Waals surface area contributed by atoms with Crippen molar-refractivity contribution in [2.75, 3.05) is 26.3 Å². The van der Waals surface area contributed by atoms with Crippen LogP contribution in [0.3, 0.4) is 0 Å². The lowest BCUT2D eigenvalue weighted by Gasteiger charge is -2.36. The molecule has 0 spiro atoms. The zero-order valence-electron chi connectivity index (χ0n) is 10.1. The van der Waals surface area contributed by atoms with Gasteiger partial charge in [0.05, 0.1) is 19.1 Å². The van der Waals surface area contributed by atoms with Crippen LogP contribution >= 0.6 is 0 Å². The van der Waals surface area contributed by atoms with Crippen molar-refractivity contribution in [3.8, 4) is 0 Å². The van der Waals surface area contributed by atoms with Crippen LogP contribution in [0.2, 0.25) is 0 Å². The summed E-state index contributed by atoms with van der Waals surface area (Å²) in [5.74, 6) is -0.972. The Morgan fingerprint density at radius 2 is 2.22 bits per heavy atom. The summed E-state index contributed by atoms with van der Waals surface area (Å²) >= 11 is 0. The fourth-order valence-electron chi connectivity index (χ4n) is 2.28. The first kappa shape index (κ1) is 12.8. The van der Waals surface area contributed by atoms with E-state index in [0.29, 0.717) is 32.5 Å². The van der Waals surface area contributed by atoms with Gasteiger partial charge in [-0.05, 0) is 6.42 Å². The normalized spacial score (nSPS) is 28.7. The third-order valence-electron chi connectivity index (χ3n) is 3.35. The van der Waals surface area contributed by atoms with Crippen LogP contribution in [-0.2, 0) is 19.1 Å². The number of nitrogens with one attached hydrogen (secondary N) is 1. The van der Waals surface area contributed by atoms with Crippen molar-refractivity contribution in [3.63, 3.8) is 0 Å². The maximum atomic E-state index is 12.3. The van der Waals surface area contributed by atoms with Gasteiger partial charge in [0.1, 0.15) is 6.04 Å². The van der Waals surface area contributed by atoms with E-state index in [1.54, 1.807) is 0 Å². The number of hydrogen-bond donors (Lipinski definition) is 2. The number of carbonyl (C=O) groups excluding carboxylic acids is 3. The third-order valence-corrected chi connectivity index (χ3v) is 3.35. The molecule has 0 aliphatic carbocycles. The number of rotatable bonds is 2. The highest BCUT2D eigenvalue weighted by Gasteiger charge is 2.36. The molecule has 7 nitrogen and oxygen atoms in total. The molecule has 0 aromatic heterocycles. The molecule has 18 heavy (non-hydrogen) atoms. The van der Waals surface area contributed by atoms with Crippen molar-refractivity contribution in [1.29, 1.82) is 0 Å². The number of hydrogen-bond acceptors (Lipinski definition) is 4. The van der Waals surface area contributed by atoms with Crippen LogP contribution in [0.5, 0.6) is 0 Å². The van der Waals surface area contributed by atoms with E-state index in [-0.39, 0.29) is 24.3 Å². The van der Waals surface area contributed by atoms with E-state index >= 15 is 0 Å². The Kier molecular flexibility index (Phi) is 3.81. The summed E-state index contributed by atoms with van der Waals surface area (Å²) in [6.07, 6.45) is 0.871. The summed E-state index contributed by atoms with van der Waals surface area (Å²) in [5, 5.41) is 2.66. The maximum absolute atomic E-state index is 12.3. The van der Waals surface area contributed by atoms with Crippen LogP contribution in [0.1, 0.15) is 12.8 Å². The number of amides is 3. The molecule has 3 N–H and O–H groups in total. The lowest BCUT2D eigenvalue weighted by molar-refractivity contribution is -0.151. The smallest absolute Gasteiger partial charge is 0.242 e. The van der Waals surface area contributed by atoms with Crippen LogP contribution in [0.4, 0.5) is 0 Å². The van der Waals surface area contributed by atoms with Crippen molar-refractivity contribution in [2.45, 2.75) is 18.9 Å². The number of morpholine rings is 1. The highest BCUT2D eigenvalue weighted by atomic mass is 16.5. The SMILES string of the molecule is NC(=O)C1COCCN1C(=O)C1CCC(=O)NC1. The molecule has 2 heterocycles. The van der Waals surface area contributed by atoms with Crippen molar-refractivity contribution in [2.24, 2.45) is 11.7 Å². The molecule has 2 saturated heterocycles. The van der Waals surface area contributed by atoms with E-state index in [1.807, 2.05) is 0 Å². The number of primary amides is 1. The predicted octanol–water partition coefficient (Wildman–Crippen LogP) is -1.77. The maximum Gasteiger partial charge on any atom is 0.242 e. The Bertz CT molecular complexity index is 361. The van der Waals surface area contributed by atoms with Gasteiger partial charge in [0.2, 0.25) is 17.7 Å². The highest BCUT2D eigenvalue weighted by Crippen LogP contribution is 2.17. The molecular formula is C11H17N3O4. The lowest BCUT2D eigenvalue weighted by Crippen LogP contribution is -2.57. The van der Waals surface area contributed by atoms with Gasteiger partial charge in [0, 0.05) is 19.5 Å². The molecule has 2 unspecified atom stereocenters. The van der Waals surface area contributed by atoms with Gasteiger partial charge in [-0.15, -0.1) is 0 Å². The largest absolute Gasteiger partial charge is 0.377 e. The molecule has 2 aliphatic heterocycles. The van der Waals surface area contributed by atoms with Gasteiger partial charge in [-0.1, -0.05) is 0 Å². The number of ether oxygens (including phenoxy) is 1. The van der Waals surface area contributed by atoms with Crippen LogP contribution in [-0.4, -0.2) is 55.0 Å². The summed E-state index contributed by atoms with van der Waals surface area (Å²) in [4.78, 5) is 36.1. The van der Waals surface area contributed by atoms with Gasteiger partial charge < -0.3 is 20.7 Å². The van der Waals surface area contributed by atoms with Crippen LogP contribution in [0.15, 0.2) is 0 Å². The molecule has 2 aliphatic rings. The van der Waals surface area contributed by atoms with Crippen molar-refractivity contribution in [3.05, 3.63) is 0 Å². The molecule has 0 saturated carbocycles. The summed E-state index contributed by atoms with van der Waals surface area (Å²) in [5.41, 5.74) is 5.26. The van der Waals surface area contributed by atoms with Gasteiger partial charge in [-0.3, -0.25) is 14.4 Å². The molecule has 0 aromatic rings. The van der Waals surface area contributed by atoms with Crippen molar-refractivity contribution >= 4 is 17.7 Å².